The van der Waals surface area contributed by atoms with E-state index in [4.69, 9.17) is 0 Å². The van der Waals surface area contributed by atoms with Crippen molar-refractivity contribution in [1.82, 2.24) is 5.32 Å². The van der Waals surface area contributed by atoms with Crippen LogP contribution in [0.4, 0.5) is 0 Å². The Morgan fingerprint density at radius 2 is 2.08 bits per heavy atom. The minimum atomic E-state index is 0.740. The molecule has 0 aromatic heterocycles. The third-order valence-electron chi connectivity index (χ3n) is 2.67. The van der Waals surface area contributed by atoms with E-state index in [1.807, 2.05) is 0 Å². The number of hydrogen-bond acceptors (Lipinski definition) is 1. The lowest BCUT2D eigenvalue weighted by atomic mass is 9.98. The SMILES string of the molecule is BrCc1ccc(C2CCNC2)cc1. The lowest BCUT2D eigenvalue weighted by Crippen LogP contribution is -2.07. The lowest BCUT2D eigenvalue weighted by molar-refractivity contribution is 0.763. The van der Waals surface area contributed by atoms with Crippen molar-refractivity contribution in [2.75, 3.05) is 13.1 Å². The van der Waals surface area contributed by atoms with Crippen LogP contribution in [0, 0.1) is 0 Å². The van der Waals surface area contributed by atoms with Gasteiger partial charge in [0.2, 0.25) is 0 Å². The van der Waals surface area contributed by atoms with Crippen LogP contribution in [0.5, 0.6) is 0 Å². The molecule has 1 unspecified atom stereocenters. The Morgan fingerprint density at radius 3 is 2.62 bits per heavy atom. The fourth-order valence-electron chi connectivity index (χ4n) is 1.82. The largest absolute Gasteiger partial charge is 0.316 e. The van der Waals surface area contributed by atoms with Gasteiger partial charge in [-0.2, -0.15) is 0 Å². The van der Waals surface area contributed by atoms with E-state index < -0.39 is 0 Å². The number of hydrogen-bond donors (Lipinski definition) is 1. The van der Waals surface area contributed by atoms with Crippen LogP contribution < -0.4 is 5.32 Å². The van der Waals surface area contributed by atoms with Gasteiger partial charge in [0.25, 0.3) is 0 Å². The van der Waals surface area contributed by atoms with Crippen LogP contribution in [-0.2, 0) is 5.33 Å². The molecular formula is C11H14BrN. The van der Waals surface area contributed by atoms with Gasteiger partial charge in [-0.3, -0.25) is 0 Å². The molecule has 1 N–H and O–H groups in total. The fourth-order valence-corrected chi connectivity index (χ4v) is 2.19. The van der Waals surface area contributed by atoms with Crippen LogP contribution in [0.15, 0.2) is 24.3 Å². The van der Waals surface area contributed by atoms with Crippen molar-refractivity contribution in [2.24, 2.45) is 0 Å². The lowest BCUT2D eigenvalue weighted by Gasteiger charge is -2.08. The number of rotatable bonds is 2. The summed E-state index contributed by atoms with van der Waals surface area (Å²) in [5.41, 5.74) is 2.84. The molecular weight excluding hydrogens is 226 g/mol. The van der Waals surface area contributed by atoms with Crippen LogP contribution in [0.1, 0.15) is 23.5 Å². The van der Waals surface area contributed by atoms with Gasteiger partial charge >= 0.3 is 0 Å². The fraction of sp³-hybridized carbons (Fsp3) is 0.455. The van der Waals surface area contributed by atoms with E-state index in [0.717, 1.165) is 17.8 Å². The minimum absolute atomic E-state index is 0.740. The molecule has 0 amide bonds. The second-order valence-electron chi connectivity index (χ2n) is 3.56. The highest BCUT2D eigenvalue weighted by molar-refractivity contribution is 9.08. The first kappa shape index (κ1) is 9.22. The molecule has 1 heterocycles. The molecule has 0 spiro atoms. The Balaban J connectivity index is 2.12. The summed E-state index contributed by atoms with van der Waals surface area (Å²) in [5, 5.41) is 4.34. The van der Waals surface area contributed by atoms with Gasteiger partial charge in [-0.15, -0.1) is 0 Å². The van der Waals surface area contributed by atoms with Crippen LogP contribution >= 0.6 is 15.9 Å². The third-order valence-corrected chi connectivity index (χ3v) is 3.31. The Hall–Kier alpha value is -0.340. The van der Waals surface area contributed by atoms with E-state index in [0.29, 0.717) is 0 Å². The number of benzene rings is 1. The van der Waals surface area contributed by atoms with Crippen molar-refractivity contribution >= 4 is 15.9 Å². The molecule has 1 aromatic carbocycles. The van der Waals surface area contributed by atoms with Gasteiger partial charge in [0.1, 0.15) is 0 Å². The maximum atomic E-state index is 3.45. The summed E-state index contributed by atoms with van der Waals surface area (Å²) in [6.07, 6.45) is 1.29. The quantitative estimate of drug-likeness (QED) is 0.783. The summed E-state index contributed by atoms with van der Waals surface area (Å²) in [6, 6.07) is 8.94. The van der Waals surface area contributed by atoms with Crippen LogP contribution in [-0.4, -0.2) is 13.1 Å². The van der Waals surface area contributed by atoms with Gasteiger partial charge in [-0.1, -0.05) is 40.2 Å². The van der Waals surface area contributed by atoms with Crippen LogP contribution in [0.2, 0.25) is 0 Å². The molecule has 0 bridgehead atoms. The number of halogens is 1. The van der Waals surface area contributed by atoms with Gasteiger partial charge in [0, 0.05) is 11.9 Å². The molecule has 0 radical (unpaired) electrons. The van der Waals surface area contributed by atoms with Gasteiger partial charge in [0.05, 0.1) is 0 Å². The molecule has 1 fully saturated rings. The van der Waals surface area contributed by atoms with E-state index in [1.54, 1.807) is 0 Å². The molecule has 1 aliphatic rings. The molecule has 13 heavy (non-hydrogen) atoms. The van der Waals surface area contributed by atoms with Gasteiger partial charge < -0.3 is 5.32 Å². The summed E-state index contributed by atoms with van der Waals surface area (Å²) < 4.78 is 0. The first-order valence-corrected chi connectivity index (χ1v) is 5.88. The second-order valence-corrected chi connectivity index (χ2v) is 4.13. The standard InChI is InChI=1S/C11H14BrN/c12-7-9-1-3-10(4-2-9)11-5-6-13-8-11/h1-4,11,13H,5-8H2. The third kappa shape index (κ3) is 2.12. The monoisotopic (exact) mass is 239 g/mol. The Morgan fingerprint density at radius 1 is 1.31 bits per heavy atom. The van der Waals surface area contributed by atoms with E-state index in [9.17, 15) is 0 Å². The molecule has 1 saturated heterocycles. The summed E-state index contributed by atoms with van der Waals surface area (Å²) in [7, 11) is 0. The first-order chi connectivity index (χ1) is 6.40. The van der Waals surface area contributed by atoms with Crippen molar-refractivity contribution in [3.63, 3.8) is 0 Å². The first-order valence-electron chi connectivity index (χ1n) is 4.75. The highest BCUT2D eigenvalue weighted by Gasteiger charge is 2.15. The Bertz CT molecular complexity index is 262. The van der Waals surface area contributed by atoms with Gasteiger partial charge in [0.15, 0.2) is 0 Å². The summed E-state index contributed by atoms with van der Waals surface area (Å²) in [6.45, 7) is 2.32. The van der Waals surface area contributed by atoms with Gasteiger partial charge in [-0.05, 0) is 30.0 Å². The Labute approximate surface area is 87.7 Å². The zero-order valence-electron chi connectivity index (χ0n) is 7.59. The molecule has 0 saturated carbocycles. The minimum Gasteiger partial charge on any atom is -0.316 e. The molecule has 0 aliphatic carbocycles. The molecule has 1 nitrogen and oxygen atoms in total. The normalized spacial score (nSPS) is 22.1. The highest BCUT2D eigenvalue weighted by atomic mass is 79.9. The zero-order chi connectivity index (χ0) is 9.10. The molecule has 1 aliphatic heterocycles. The van der Waals surface area contributed by atoms with E-state index in [1.165, 1.54) is 24.1 Å². The van der Waals surface area contributed by atoms with Crippen molar-refractivity contribution in [3.05, 3.63) is 35.4 Å². The molecule has 1 aromatic rings. The maximum Gasteiger partial charge on any atom is 0.0283 e. The van der Waals surface area contributed by atoms with Gasteiger partial charge in [-0.25, -0.2) is 0 Å². The van der Waals surface area contributed by atoms with E-state index in [-0.39, 0.29) is 0 Å². The van der Waals surface area contributed by atoms with Crippen LogP contribution in [0.25, 0.3) is 0 Å². The number of nitrogens with one attached hydrogen (secondary N) is 1. The van der Waals surface area contributed by atoms with E-state index >= 15 is 0 Å². The molecule has 2 heteroatoms. The predicted octanol–water partition coefficient (Wildman–Crippen LogP) is 2.66. The Kier molecular flexibility index (Phi) is 3.01. The van der Waals surface area contributed by atoms with Crippen LogP contribution in [0.3, 0.4) is 0 Å². The highest BCUT2D eigenvalue weighted by Crippen LogP contribution is 2.22. The predicted molar refractivity (Wildman–Crippen MR) is 59.3 cm³/mol. The van der Waals surface area contributed by atoms with Crippen molar-refractivity contribution in [2.45, 2.75) is 17.7 Å². The molecule has 70 valence electrons. The summed E-state index contributed by atoms with van der Waals surface area (Å²) in [4.78, 5) is 0. The summed E-state index contributed by atoms with van der Waals surface area (Å²) in [5.74, 6) is 0.740. The smallest absolute Gasteiger partial charge is 0.0283 e. The maximum absolute atomic E-state index is 3.45. The van der Waals surface area contributed by atoms with E-state index in [2.05, 4.69) is 45.5 Å². The zero-order valence-corrected chi connectivity index (χ0v) is 9.18. The van der Waals surface area contributed by atoms with Crippen molar-refractivity contribution < 1.29 is 0 Å². The topological polar surface area (TPSA) is 12.0 Å². The van der Waals surface area contributed by atoms with Crippen molar-refractivity contribution in [3.8, 4) is 0 Å². The van der Waals surface area contributed by atoms with Crippen molar-refractivity contribution in [1.29, 1.82) is 0 Å². The molecule has 2 rings (SSSR count). The average Bonchev–Trinajstić information content (AvgIpc) is 2.71. The second kappa shape index (κ2) is 4.25. The number of alkyl halides is 1. The molecule has 1 atom stereocenters. The average molecular weight is 240 g/mol. The summed E-state index contributed by atoms with van der Waals surface area (Å²) >= 11 is 3.45.